The molecule has 3 heteroatoms. The molecule has 0 aliphatic carbocycles. The van der Waals surface area contributed by atoms with Gasteiger partial charge in [-0.1, -0.05) is 60.7 Å². The Morgan fingerprint density at radius 1 is 0.905 bits per heavy atom. The number of hydrogen-bond donors (Lipinski definition) is 2. The number of rotatable bonds is 3. The van der Waals surface area contributed by atoms with E-state index in [0.29, 0.717) is 17.1 Å². The lowest BCUT2D eigenvalue weighted by atomic mass is 10.1. The molecular formula is C18H15NOS. The van der Waals surface area contributed by atoms with E-state index in [4.69, 9.17) is 12.2 Å². The lowest BCUT2D eigenvalue weighted by molar-refractivity contribution is 0.474. The smallest absolute Gasteiger partial charge is 0.125 e. The van der Waals surface area contributed by atoms with Gasteiger partial charge in [0.15, 0.2) is 0 Å². The predicted octanol–water partition coefficient (Wildman–Crippen LogP) is 4.01. The van der Waals surface area contributed by atoms with Crippen LogP contribution >= 0.6 is 12.2 Å². The van der Waals surface area contributed by atoms with Crippen molar-refractivity contribution in [1.82, 2.24) is 5.32 Å². The minimum atomic E-state index is 0.202. The summed E-state index contributed by atoms with van der Waals surface area (Å²) in [5.41, 5.74) is 1.82. The second-order valence-electron chi connectivity index (χ2n) is 4.88. The summed E-state index contributed by atoms with van der Waals surface area (Å²) in [7, 11) is 0. The van der Waals surface area contributed by atoms with Gasteiger partial charge in [-0.25, -0.2) is 0 Å². The molecule has 0 aromatic heterocycles. The zero-order valence-corrected chi connectivity index (χ0v) is 12.2. The molecule has 0 radical (unpaired) electrons. The number of phenols is 1. The van der Waals surface area contributed by atoms with Gasteiger partial charge in [-0.2, -0.15) is 0 Å². The van der Waals surface area contributed by atoms with Gasteiger partial charge in [-0.3, -0.25) is 0 Å². The monoisotopic (exact) mass is 293 g/mol. The van der Waals surface area contributed by atoms with Crippen molar-refractivity contribution in [3.8, 4) is 5.75 Å². The molecule has 0 heterocycles. The maximum Gasteiger partial charge on any atom is 0.125 e. The van der Waals surface area contributed by atoms with Crippen molar-refractivity contribution in [1.29, 1.82) is 0 Å². The molecule has 3 rings (SSSR count). The third-order valence-corrected chi connectivity index (χ3v) is 3.78. The zero-order valence-electron chi connectivity index (χ0n) is 11.4. The van der Waals surface area contributed by atoms with Gasteiger partial charge in [-0.15, -0.1) is 0 Å². The fourth-order valence-corrected chi connectivity index (χ4v) is 2.54. The fourth-order valence-electron chi connectivity index (χ4n) is 2.29. The van der Waals surface area contributed by atoms with Crippen LogP contribution in [0.3, 0.4) is 0 Å². The highest BCUT2D eigenvalue weighted by Gasteiger charge is 2.05. The zero-order chi connectivity index (χ0) is 14.7. The average molecular weight is 293 g/mol. The average Bonchev–Trinajstić information content (AvgIpc) is 2.53. The maximum absolute atomic E-state index is 9.79. The molecule has 104 valence electrons. The normalized spacial score (nSPS) is 10.5. The first-order valence-electron chi connectivity index (χ1n) is 6.78. The van der Waals surface area contributed by atoms with Crippen molar-refractivity contribution < 1.29 is 5.11 Å². The summed E-state index contributed by atoms with van der Waals surface area (Å²) in [5, 5.41) is 15.4. The number of hydrogen-bond acceptors (Lipinski definition) is 2. The molecule has 0 spiro atoms. The van der Waals surface area contributed by atoms with Crippen LogP contribution in [0.5, 0.6) is 5.75 Å². The topological polar surface area (TPSA) is 32.3 Å². The van der Waals surface area contributed by atoms with E-state index in [-0.39, 0.29) is 5.75 Å². The molecule has 0 bridgehead atoms. The highest BCUT2D eigenvalue weighted by molar-refractivity contribution is 7.80. The summed E-state index contributed by atoms with van der Waals surface area (Å²) in [6.07, 6.45) is 0. The van der Waals surface area contributed by atoms with Gasteiger partial charge in [0.1, 0.15) is 10.7 Å². The van der Waals surface area contributed by atoms with Crippen LogP contribution in [0, 0.1) is 0 Å². The highest BCUT2D eigenvalue weighted by atomic mass is 32.1. The number of fused-ring (bicyclic) bond motifs is 1. The van der Waals surface area contributed by atoms with Crippen LogP contribution in [0.25, 0.3) is 10.8 Å². The van der Waals surface area contributed by atoms with Gasteiger partial charge in [-0.05, 0) is 34.5 Å². The van der Waals surface area contributed by atoms with Crippen LogP contribution in [0.1, 0.15) is 11.1 Å². The van der Waals surface area contributed by atoms with Crippen molar-refractivity contribution in [2.75, 3.05) is 0 Å². The van der Waals surface area contributed by atoms with Crippen LogP contribution in [0.2, 0.25) is 0 Å². The molecule has 0 aliphatic heterocycles. The third kappa shape index (κ3) is 3.03. The highest BCUT2D eigenvalue weighted by Crippen LogP contribution is 2.17. The Balaban J connectivity index is 1.74. The molecule has 0 atom stereocenters. The Morgan fingerprint density at radius 3 is 2.43 bits per heavy atom. The summed E-state index contributed by atoms with van der Waals surface area (Å²) in [6, 6.07) is 21.7. The molecule has 0 unspecified atom stereocenters. The van der Waals surface area contributed by atoms with Crippen LogP contribution in [-0.4, -0.2) is 10.1 Å². The molecular weight excluding hydrogens is 278 g/mol. The molecule has 0 saturated heterocycles. The van der Waals surface area contributed by atoms with E-state index < -0.39 is 0 Å². The maximum atomic E-state index is 9.79. The van der Waals surface area contributed by atoms with Gasteiger partial charge in [0, 0.05) is 6.54 Å². The standard InChI is InChI=1S/C18H15NOS/c20-17-8-4-3-7-16(17)18(21)19-12-13-9-10-14-5-1-2-6-15(14)11-13/h1-11,20H,12H2,(H,19,21). The predicted molar refractivity (Wildman–Crippen MR) is 90.6 cm³/mol. The SMILES string of the molecule is Oc1ccccc1C(=S)NCc1ccc2ccccc2c1. The Labute approximate surface area is 129 Å². The van der Waals surface area contributed by atoms with Crippen LogP contribution in [0.4, 0.5) is 0 Å². The van der Waals surface area contributed by atoms with Crippen molar-refractivity contribution >= 4 is 28.0 Å². The summed E-state index contributed by atoms with van der Waals surface area (Å²) in [6.45, 7) is 0.637. The first-order valence-corrected chi connectivity index (χ1v) is 7.19. The number of aromatic hydroxyl groups is 1. The molecule has 0 aliphatic rings. The quantitative estimate of drug-likeness (QED) is 0.716. The minimum Gasteiger partial charge on any atom is -0.507 e. The molecule has 2 N–H and O–H groups in total. The Bertz CT molecular complexity index is 798. The first kappa shape index (κ1) is 13.6. The van der Waals surface area contributed by atoms with Crippen LogP contribution in [-0.2, 0) is 6.54 Å². The Hall–Kier alpha value is -2.39. The lowest BCUT2D eigenvalue weighted by Gasteiger charge is -2.10. The van der Waals surface area contributed by atoms with E-state index in [1.54, 1.807) is 12.1 Å². The summed E-state index contributed by atoms with van der Waals surface area (Å²) < 4.78 is 0. The lowest BCUT2D eigenvalue weighted by Crippen LogP contribution is -2.21. The van der Waals surface area contributed by atoms with Gasteiger partial charge >= 0.3 is 0 Å². The molecule has 2 nitrogen and oxygen atoms in total. The second-order valence-corrected chi connectivity index (χ2v) is 5.29. The molecule has 3 aromatic carbocycles. The summed E-state index contributed by atoms with van der Waals surface area (Å²) >= 11 is 5.33. The number of thiocarbonyl (C=S) groups is 1. The van der Waals surface area contributed by atoms with E-state index in [9.17, 15) is 5.11 Å². The molecule has 21 heavy (non-hydrogen) atoms. The number of nitrogens with one attached hydrogen (secondary N) is 1. The van der Waals surface area contributed by atoms with E-state index in [1.807, 2.05) is 24.3 Å². The number of para-hydroxylation sites is 1. The molecule has 0 fully saturated rings. The fraction of sp³-hybridized carbons (Fsp3) is 0.0556. The van der Waals surface area contributed by atoms with Gasteiger partial charge in [0.2, 0.25) is 0 Å². The summed E-state index contributed by atoms with van der Waals surface area (Å²) in [5.74, 6) is 0.202. The largest absolute Gasteiger partial charge is 0.507 e. The second kappa shape index (κ2) is 5.94. The van der Waals surface area contributed by atoms with Gasteiger partial charge in [0.05, 0.1) is 5.56 Å². The van der Waals surface area contributed by atoms with E-state index in [2.05, 4.69) is 35.6 Å². The van der Waals surface area contributed by atoms with E-state index >= 15 is 0 Å². The number of benzene rings is 3. The molecule has 0 saturated carbocycles. The van der Waals surface area contributed by atoms with E-state index in [1.165, 1.54) is 10.8 Å². The number of phenolic OH excluding ortho intramolecular Hbond substituents is 1. The third-order valence-electron chi connectivity index (χ3n) is 3.42. The first-order chi connectivity index (χ1) is 10.2. The van der Waals surface area contributed by atoms with Gasteiger partial charge < -0.3 is 10.4 Å². The van der Waals surface area contributed by atoms with Crippen LogP contribution in [0.15, 0.2) is 66.7 Å². The minimum absolute atomic E-state index is 0.202. The Kier molecular flexibility index (Phi) is 3.84. The van der Waals surface area contributed by atoms with E-state index in [0.717, 1.165) is 5.56 Å². The van der Waals surface area contributed by atoms with Gasteiger partial charge in [0.25, 0.3) is 0 Å². The van der Waals surface area contributed by atoms with Crippen molar-refractivity contribution in [2.24, 2.45) is 0 Å². The van der Waals surface area contributed by atoms with Crippen molar-refractivity contribution in [2.45, 2.75) is 6.54 Å². The van der Waals surface area contributed by atoms with Crippen molar-refractivity contribution in [3.63, 3.8) is 0 Å². The summed E-state index contributed by atoms with van der Waals surface area (Å²) in [4.78, 5) is 0.557. The molecule has 0 amide bonds. The Morgan fingerprint density at radius 2 is 1.62 bits per heavy atom. The van der Waals surface area contributed by atoms with Crippen LogP contribution < -0.4 is 5.32 Å². The van der Waals surface area contributed by atoms with Crippen molar-refractivity contribution in [3.05, 3.63) is 77.9 Å². The molecule has 3 aromatic rings.